The summed E-state index contributed by atoms with van der Waals surface area (Å²) in [6.07, 6.45) is 8.92. The standard InChI is InChI=1S/C13H19ClN2/c1-2-16-13(10-5-3-4-6-10)11-7-8-15-9-12(11)14/h7-10,13,16H,2-6H2,1H3. The van der Waals surface area contributed by atoms with Crippen LogP contribution in [-0.2, 0) is 0 Å². The second-order valence-corrected chi connectivity index (χ2v) is 4.88. The van der Waals surface area contributed by atoms with E-state index in [0.29, 0.717) is 6.04 Å². The third-order valence-corrected chi connectivity index (χ3v) is 3.75. The van der Waals surface area contributed by atoms with Crippen molar-refractivity contribution in [1.82, 2.24) is 10.3 Å². The molecule has 1 aromatic heterocycles. The highest BCUT2D eigenvalue weighted by Gasteiger charge is 2.26. The highest BCUT2D eigenvalue weighted by atomic mass is 35.5. The smallest absolute Gasteiger partial charge is 0.0637 e. The number of hydrogen-bond acceptors (Lipinski definition) is 2. The van der Waals surface area contributed by atoms with E-state index in [9.17, 15) is 0 Å². The summed E-state index contributed by atoms with van der Waals surface area (Å²) in [6.45, 7) is 3.14. The van der Waals surface area contributed by atoms with Crippen molar-refractivity contribution >= 4 is 11.6 Å². The number of halogens is 1. The van der Waals surface area contributed by atoms with Gasteiger partial charge in [0.25, 0.3) is 0 Å². The molecule has 1 N–H and O–H groups in total. The van der Waals surface area contributed by atoms with E-state index in [2.05, 4.69) is 17.2 Å². The van der Waals surface area contributed by atoms with E-state index in [0.717, 1.165) is 17.5 Å². The van der Waals surface area contributed by atoms with E-state index in [-0.39, 0.29) is 0 Å². The van der Waals surface area contributed by atoms with Crippen LogP contribution in [0.1, 0.15) is 44.2 Å². The van der Waals surface area contributed by atoms with Crippen LogP contribution in [0.3, 0.4) is 0 Å². The van der Waals surface area contributed by atoms with Gasteiger partial charge >= 0.3 is 0 Å². The predicted molar refractivity (Wildman–Crippen MR) is 67.6 cm³/mol. The fourth-order valence-corrected chi connectivity index (χ4v) is 2.92. The molecular formula is C13H19ClN2. The zero-order valence-electron chi connectivity index (χ0n) is 9.75. The normalized spacial score (nSPS) is 18.9. The molecule has 1 aliphatic carbocycles. The fourth-order valence-electron chi connectivity index (χ4n) is 2.68. The Morgan fingerprint density at radius 1 is 1.50 bits per heavy atom. The molecule has 0 aliphatic heterocycles. The first-order valence-electron chi connectivity index (χ1n) is 6.15. The Labute approximate surface area is 102 Å². The predicted octanol–water partition coefficient (Wildman–Crippen LogP) is 3.58. The molecule has 2 nitrogen and oxygen atoms in total. The quantitative estimate of drug-likeness (QED) is 0.868. The number of aromatic nitrogens is 1. The van der Waals surface area contributed by atoms with Gasteiger partial charge in [0.05, 0.1) is 5.02 Å². The lowest BCUT2D eigenvalue weighted by Gasteiger charge is -2.25. The van der Waals surface area contributed by atoms with Crippen LogP contribution in [-0.4, -0.2) is 11.5 Å². The maximum atomic E-state index is 6.23. The van der Waals surface area contributed by atoms with Crippen molar-refractivity contribution < 1.29 is 0 Å². The summed E-state index contributed by atoms with van der Waals surface area (Å²) in [4.78, 5) is 4.05. The minimum absolute atomic E-state index is 0.406. The van der Waals surface area contributed by atoms with Crippen molar-refractivity contribution in [2.75, 3.05) is 6.54 Å². The van der Waals surface area contributed by atoms with E-state index in [1.165, 1.54) is 31.2 Å². The second kappa shape index (κ2) is 5.65. The molecule has 1 atom stereocenters. The van der Waals surface area contributed by atoms with Crippen LogP contribution in [0.25, 0.3) is 0 Å². The Balaban J connectivity index is 2.21. The van der Waals surface area contributed by atoms with Crippen LogP contribution >= 0.6 is 11.6 Å². The lowest BCUT2D eigenvalue weighted by atomic mass is 9.92. The average Bonchev–Trinajstić information content (AvgIpc) is 2.80. The van der Waals surface area contributed by atoms with Gasteiger partial charge < -0.3 is 5.32 Å². The van der Waals surface area contributed by atoms with Crippen LogP contribution < -0.4 is 5.32 Å². The summed E-state index contributed by atoms with van der Waals surface area (Å²) in [5.74, 6) is 0.736. The molecule has 1 fully saturated rings. The van der Waals surface area contributed by atoms with E-state index in [1.54, 1.807) is 6.20 Å². The zero-order valence-corrected chi connectivity index (χ0v) is 10.5. The van der Waals surface area contributed by atoms with Crippen molar-refractivity contribution in [3.63, 3.8) is 0 Å². The summed E-state index contributed by atoms with van der Waals surface area (Å²) < 4.78 is 0. The fraction of sp³-hybridized carbons (Fsp3) is 0.615. The third kappa shape index (κ3) is 2.55. The minimum atomic E-state index is 0.406. The molecule has 0 bridgehead atoms. The molecule has 1 heterocycles. The molecule has 2 rings (SSSR count). The van der Waals surface area contributed by atoms with Crippen LogP contribution in [0, 0.1) is 5.92 Å². The summed E-state index contributed by atoms with van der Waals surface area (Å²) in [5, 5.41) is 4.36. The van der Waals surface area contributed by atoms with Gasteiger partial charge in [-0.3, -0.25) is 4.98 Å². The molecule has 1 aliphatic rings. The van der Waals surface area contributed by atoms with Gasteiger partial charge in [0.2, 0.25) is 0 Å². The molecule has 88 valence electrons. The zero-order chi connectivity index (χ0) is 11.4. The molecule has 0 aromatic carbocycles. The molecule has 0 amide bonds. The van der Waals surface area contributed by atoms with Gasteiger partial charge in [-0.1, -0.05) is 31.4 Å². The molecular weight excluding hydrogens is 220 g/mol. The van der Waals surface area contributed by atoms with Crippen LogP contribution in [0.4, 0.5) is 0 Å². The average molecular weight is 239 g/mol. The number of pyridine rings is 1. The van der Waals surface area contributed by atoms with Gasteiger partial charge in [0.1, 0.15) is 0 Å². The van der Waals surface area contributed by atoms with Gasteiger partial charge in [-0.05, 0) is 36.9 Å². The monoisotopic (exact) mass is 238 g/mol. The maximum absolute atomic E-state index is 6.23. The van der Waals surface area contributed by atoms with Crippen molar-refractivity contribution in [2.24, 2.45) is 5.92 Å². The number of nitrogens with zero attached hydrogens (tertiary/aromatic N) is 1. The van der Waals surface area contributed by atoms with Crippen molar-refractivity contribution in [1.29, 1.82) is 0 Å². The Hall–Kier alpha value is -0.600. The third-order valence-electron chi connectivity index (χ3n) is 3.43. The Morgan fingerprint density at radius 3 is 2.88 bits per heavy atom. The van der Waals surface area contributed by atoms with E-state index in [1.807, 2.05) is 12.3 Å². The largest absolute Gasteiger partial charge is 0.310 e. The Morgan fingerprint density at radius 2 is 2.25 bits per heavy atom. The molecule has 0 spiro atoms. The Bertz CT molecular complexity index is 334. The van der Waals surface area contributed by atoms with E-state index < -0.39 is 0 Å². The van der Waals surface area contributed by atoms with Crippen LogP contribution in [0.15, 0.2) is 18.5 Å². The summed E-state index contributed by atoms with van der Waals surface area (Å²) >= 11 is 6.23. The minimum Gasteiger partial charge on any atom is -0.310 e. The first-order valence-corrected chi connectivity index (χ1v) is 6.53. The summed E-state index contributed by atoms with van der Waals surface area (Å²) in [6, 6.07) is 2.46. The van der Waals surface area contributed by atoms with Crippen molar-refractivity contribution in [2.45, 2.75) is 38.6 Å². The van der Waals surface area contributed by atoms with Gasteiger partial charge in [0.15, 0.2) is 0 Å². The molecule has 3 heteroatoms. The molecule has 0 radical (unpaired) electrons. The van der Waals surface area contributed by atoms with Crippen LogP contribution in [0.5, 0.6) is 0 Å². The topological polar surface area (TPSA) is 24.9 Å². The van der Waals surface area contributed by atoms with Crippen molar-refractivity contribution in [3.05, 3.63) is 29.0 Å². The number of nitrogens with one attached hydrogen (secondary N) is 1. The molecule has 1 unspecified atom stereocenters. The van der Waals surface area contributed by atoms with E-state index in [4.69, 9.17) is 11.6 Å². The summed E-state index contributed by atoms with van der Waals surface area (Å²) in [7, 11) is 0. The second-order valence-electron chi connectivity index (χ2n) is 4.48. The van der Waals surface area contributed by atoms with Crippen molar-refractivity contribution in [3.8, 4) is 0 Å². The molecule has 0 saturated heterocycles. The number of rotatable bonds is 4. The first-order chi connectivity index (χ1) is 7.83. The molecule has 1 aromatic rings. The first kappa shape index (κ1) is 11.9. The highest BCUT2D eigenvalue weighted by molar-refractivity contribution is 6.31. The lowest BCUT2D eigenvalue weighted by molar-refractivity contribution is 0.374. The number of hydrogen-bond donors (Lipinski definition) is 1. The molecule has 1 saturated carbocycles. The highest BCUT2D eigenvalue weighted by Crippen LogP contribution is 2.37. The molecule has 16 heavy (non-hydrogen) atoms. The van der Waals surface area contributed by atoms with Gasteiger partial charge in [-0.25, -0.2) is 0 Å². The summed E-state index contributed by atoms with van der Waals surface area (Å²) in [5.41, 5.74) is 1.21. The lowest BCUT2D eigenvalue weighted by Crippen LogP contribution is -2.27. The SMILES string of the molecule is CCNC(c1ccncc1Cl)C1CCCC1. The Kier molecular flexibility index (Phi) is 4.19. The van der Waals surface area contributed by atoms with E-state index >= 15 is 0 Å². The van der Waals surface area contributed by atoms with Crippen LogP contribution in [0.2, 0.25) is 5.02 Å². The van der Waals surface area contributed by atoms with Gasteiger partial charge in [0, 0.05) is 18.4 Å². The van der Waals surface area contributed by atoms with Gasteiger partial charge in [-0.15, -0.1) is 0 Å². The maximum Gasteiger partial charge on any atom is 0.0637 e. The van der Waals surface area contributed by atoms with Gasteiger partial charge in [-0.2, -0.15) is 0 Å².